The van der Waals surface area contributed by atoms with Crippen LogP contribution in [0.25, 0.3) is 21.3 Å². The van der Waals surface area contributed by atoms with Crippen LogP contribution in [0, 0.1) is 20.8 Å². The van der Waals surface area contributed by atoms with E-state index in [0.717, 1.165) is 26.5 Å². The third-order valence-electron chi connectivity index (χ3n) is 4.64. The first-order valence-corrected chi connectivity index (χ1v) is 9.73. The summed E-state index contributed by atoms with van der Waals surface area (Å²) in [5, 5.41) is 3.99. The van der Waals surface area contributed by atoms with E-state index in [9.17, 15) is 4.79 Å². The molecule has 0 saturated heterocycles. The zero-order valence-electron chi connectivity index (χ0n) is 15.6. The minimum absolute atomic E-state index is 0.0827. The smallest absolute Gasteiger partial charge is 0.260 e. The Bertz CT molecular complexity index is 1160. The van der Waals surface area contributed by atoms with Crippen molar-refractivity contribution in [2.75, 3.05) is 5.32 Å². The van der Waals surface area contributed by atoms with E-state index in [1.165, 1.54) is 11.1 Å². The Morgan fingerprint density at radius 2 is 1.59 bits per heavy atom. The Balaban J connectivity index is 1.69. The maximum absolute atomic E-state index is 12.8. The van der Waals surface area contributed by atoms with Crippen LogP contribution in [-0.2, 0) is 6.54 Å². The predicted molar refractivity (Wildman–Crippen MR) is 114 cm³/mol. The van der Waals surface area contributed by atoms with E-state index in [4.69, 9.17) is 4.98 Å². The first-order valence-electron chi connectivity index (χ1n) is 8.91. The molecule has 0 atom stereocenters. The second-order valence-corrected chi connectivity index (χ2v) is 8.01. The van der Waals surface area contributed by atoms with Gasteiger partial charge >= 0.3 is 0 Å². The summed E-state index contributed by atoms with van der Waals surface area (Å²) in [7, 11) is 0. The van der Waals surface area contributed by atoms with Gasteiger partial charge in [-0.05, 0) is 38.5 Å². The van der Waals surface area contributed by atoms with Crippen LogP contribution in [-0.4, -0.2) is 9.97 Å². The maximum Gasteiger partial charge on any atom is 0.260 e. The Labute approximate surface area is 161 Å². The van der Waals surface area contributed by atoms with Gasteiger partial charge in [-0.1, -0.05) is 47.5 Å². The predicted octanol–water partition coefficient (Wildman–Crippen LogP) is 5.19. The quantitative estimate of drug-likeness (QED) is 0.516. The highest BCUT2D eigenvalue weighted by atomic mass is 32.1. The summed E-state index contributed by atoms with van der Waals surface area (Å²) < 4.78 is 0. The summed E-state index contributed by atoms with van der Waals surface area (Å²) in [5.74, 6) is 0.643. The lowest BCUT2D eigenvalue weighted by molar-refractivity contribution is 0.957. The summed E-state index contributed by atoms with van der Waals surface area (Å²) in [6, 6.07) is 16.4. The van der Waals surface area contributed by atoms with Gasteiger partial charge in [0.25, 0.3) is 5.56 Å². The van der Waals surface area contributed by atoms with Gasteiger partial charge in [0.1, 0.15) is 10.7 Å². The van der Waals surface area contributed by atoms with Gasteiger partial charge in [-0.2, -0.15) is 0 Å². The Kier molecular flexibility index (Phi) is 4.54. The van der Waals surface area contributed by atoms with E-state index in [1.54, 1.807) is 11.3 Å². The molecule has 0 amide bonds. The third-order valence-corrected chi connectivity index (χ3v) is 5.64. The van der Waals surface area contributed by atoms with Crippen molar-refractivity contribution in [1.29, 1.82) is 0 Å². The molecule has 4 rings (SSSR count). The number of H-pyrrole nitrogens is 1. The number of thiophene rings is 1. The average Bonchev–Trinajstić information content (AvgIpc) is 2.98. The van der Waals surface area contributed by atoms with Gasteiger partial charge in [0.15, 0.2) is 0 Å². The highest BCUT2D eigenvalue weighted by Gasteiger charge is 2.16. The topological polar surface area (TPSA) is 57.8 Å². The van der Waals surface area contributed by atoms with Crippen molar-refractivity contribution in [2.45, 2.75) is 27.3 Å². The van der Waals surface area contributed by atoms with Gasteiger partial charge in [-0.15, -0.1) is 11.3 Å². The second kappa shape index (κ2) is 7.00. The largest absolute Gasteiger partial charge is 0.378 e. The van der Waals surface area contributed by atoms with Crippen molar-refractivity contribution in [3.05, 3.63) is 80.7 Å². The van der Waals surface area contributed by atoms with E-state index >= 15 is 0 Å². The van der Waals surface area contributed by atoms with E-state index in [1.807, 2.05) is 19.1 Å². The standard InChI is InChI=1S/C22H21N3OS/c1-13-4-8-16(9-5-13)19-15(3)27-22-20(19)21(26)24-18(25-22)12-23-17-10-6-14(2)7-11-17/h4-11,23H,12H2,1-3H3,(H,24,25,26). The lowest BCUT2D eigenvalue weighted by atomic mass is 10.0. The maximum atomic E-state index is 12.8. The molecule has 2 N–H and O–H groups in total. The van der Waals surface area contributed by atoms with E-state index in [0.29, 0.717) is 17.8 Å². The Hall–Kier alpha value is -2.92. The molecule has 0 aliphatic carbocycles. The SMILES string of the molecule is Cc1ccc(NCc2nc3sc(C)c(-c4ccc(C)cc4)c3c(=O)[nH]2)cc1. The molecule has 0 aliphatic heterocycles. The number of nitrogens with zero attached hydrogens (tertiary/aromatic N) is 1. The van der Waals surface area contributed by atoms with Crippen molar-refractivity contribution in [3.8, 4) is 11.1 Å². The summed E-state index contributed by atoms with van der Waals surface area (Å²) in [5.41, 5.74) is 5.38. The fraction of sp³-hybridized carbons (Fsp3) is 0.182. The summed E-state index contributed by atoms with van der Waals surface area (Å²) in [4.78, 5) is 22.3. The molecular weight excluding hydrogens is 354 g/mol. The molecule has 2 heterocycles. The molecule has 27 heavy (non-hydrogen) atoms. The normalized spacial score (nSPS) is 11.1. The Morgan fingerprint density at radius 3 is 2.26 bits per heavy atom. The number of aryl methyl sites for hydroxylation is 3. The molecule has 0 spiro atoms. The lowest BCUT2D eigenvalue weighted by Crippen LogP contribution is -2.14. The molecule has 5 heteroatoms. The van der Waals surface area contributed by atoms with Crippen LogP contribution in [0.15, 0.2) is 53.3 Å². The second-order valence-electron chi connectivity index (χ2n) is 6.81. The van der Waals surface area contributed by atoms with Gasteiger partial charge in [-0.3, -0.25) is 4.79 Å². The molecule has 4 nitrogen and oxygen atoms in total. The number of aromatic nitrogens is 2. The molecule has 0 unspecified atom stereocenters. The number of hydrogen-bond acceptors (Lipinski definition) is 4. The molecule has 2 aromatic carbocycles. The lowest BCUT2D eigenvalue weighted by Gasteiger charge is -2.07. The highest BCUT2D eigenvalue weighted by Crippen LogP contribution is 2.35. The van der Waals surface area contributed by atoms with Crippen molar-refractivity contribution in [3.63, 3.8) is 0 Å². The van der Waals surface area contributed by atoms with E-state index in [2.05, 4.69) is 60.5 Å². The fourth-order valence-corrected chi connectivity index (χ4v) is 4.24. The summed E-state index contributed by atoms with van der Waals surface area (Å²) >= 11 is 1.57. The number of rotatable bonds is 4. The van der Waals surface area contributed by atoms with Crippen LogP contribution >= 0.6 is 11.3 Å². The van der Waals surface area contributed by atoms with Gasteiger partial charge in [0, 0.05) is 16.1 Å². The molecule has 4 aromatic rings. The summed E-state index contributed by atoms with van der Waals surface area (Å²) in [6.07, 6.45) is 0. The third kappa shape index (κ3) is 3.51. The molecule has 0 aliphatic rings. The van der Waals surface area contributed by atoms with Gasteiger partial charge < -0.3 is 10.3 Å². The number of aromatic amines is 1. The molecule has 0 bridgehead atoms. The van der Waals surface area contributed by atoms with Crippen molar-refractivity contribution < 1.29 is 0 Å². The average molecular weight is 375 g/mol. The van der Waals surface area contributed by atoms with Gasteiger partial charge in [0.05, 0.1) is 11.9 Å². The van der Waals surface area contributed by atoms with Crippen molar-refractivity contribution >= 4 is 27.2 Å². The summed E-state index contributed by atoms with van der Waals surface area (Å²) in [6.45, 7) is 6.64. The number of nitrogens with one attached hydrogen (secondary N) is 2. The van der Waals surface area contributed by atoms with Crippen LogP contribution in [0.3, 0.4) is 0 Å². The number of anilines is 1. The van der Waals surface area contributed by atoms with E-state index < -0.39 is 0 Å². The minimum atomic E-state index is -0.0827. The van der Waals surface area contributed by atoms with Crippen LogP contribution in [0.5, 0.6) is 0 Å². The zero-order valence-corrected chi connectivity index (χ0v) is 16.4. The molecular formula is C22H21N3OS. The molecule has 136 valence electrons. The van der Waals surface area contributed by atoms with E-state index in [-0.39, 0.29) is 5.56 Å². The molecule has 0 saturated carbocycles. The van der Waals surface area contributed by atoms with Gasteiger partial charge in [-0.25, -0.2) is 4.98 Å². The molecule has 0 radical (unpaired) electrons. The number of fused-ring (bicyclic) bond motifs is 1. The van der Waals surface area contributed by atoms with Crippen molar-refractivity contribution in [2.24, 2.45) is 0 Å². The molecule has 2 aromatic heterocycles. The van der Waals surface area contributed by atoms with Gasteiger partial charge in [0.2, 0.25) is 0 Å². The van der Waals surface area contributed by atoms with Crippen LogP contribution < -0.4 is 10.9 Å². The van der Waals surface area contributed by atoms with Crippen LogP contribution in [0.2, 0.25) is 0 Å². The highest BCUT2D eigenvalue weighted by molar-refractivity contribution is 7.19. The Morgan fingerprint density at radius 1 is 0.963 bits per heavy atom. The van der Waals surface area contributed by atoms with Crippen LogP contribution in [0.1, 0.15) is 21.8 Å². The first kappa shape index (κ1) is 17.5. The number of hydrogen-bond donors (Lipinski definition) is 2. The minimum Gasteiger partial charge on any atom is -0.378 e. The fourth-order valence-electron chi connectivity index (χ4n) is 3.17. The first-order chi connectivity index (χ1) is 13.0. The van der Waals surface area contributed by atoms with Crippen LogP contribution in [0.4, 0.5) is 5.69 Å². The van der Waals surface area contributed by atoms with Crippen molar-refractivity contribution in [1.82, 2.24) is 9.97 Å². The molecule has 0 fully saturated rings. The monoisotopic (exact) mass is 375 g/mol. The zero-order chi connectivity index (χ0) is 19.0. The number of benzene rings is 2.